The van der Waals surface area contributed by atoms with Crippen LogP contribution >= 0.6 is 0 Å². The molecule has 6 heteroatoms. The maximum atomic E-state index is 11.2. The Bertz CT molecular complexity index is 695. The first-order valence-electron chi connectivity index (χ1n) is 8.07. The van der Waals surface area contributed by atoms with E-state index in [4.69, 9.17) is 5.11 Å². The van der Waals surface area contributed by atoms with Gasteiger partial charge in [-0.05, 0) is 17.2 Å². The summed E-state index contributed by atoms with van der Waals surface area (Å²) < 4.78 is 0. The summed E-state index contributed by atoms with van der Waals surface area (Å²) in [5.74, 6) is 0. The zero-order chi connectivity index (χ0) is 16.9. The molecule has 3 rings (SSSR count). The molecule has 1 N–H and O–H groups in total. The maximum absolute atomic E-state index is 11.2. The normalized spacial score (nSPS) is 15.5. The highest BCUT2D eigenvalue weighted by atomic mass is 16.6. The summed E-state index contributed by atoms with van der Waals surface area (Å²) in [6, 6.07) is 14.9. The third-order valence-corrected chi connectivity index (χ3v) is 4.40. The number of aliphatic hydroxyl groups is 1. The molecule has 0 aromatic heterocycles. The minimum absolute atomic E-state index is 0.0643. The summed E-state index contributed by atoms with van der Waals surface area (Å²) in [4.78, 5) is 15.3. The van der Waals surface area contributed by atoms with Crippen molar-refractivity contribution in [2.24, 2.45) is 0 Å². The van der Waals surface area contributed by atoms with Crippen LogP contribution in [-0.2, 0) is 13.2 Å². The molecule has 0 amide bonds. The van der Waals surface area contributed by atoms with Crippen LogP contribution < -0.4 is 4.90 Å². The third kappa shape index (κ3) is 3.72. The van der Waals surface area contributed by atoms with E-state index in [9.17, 15) is 10.1 Å². The largest absolute Gasteiger partial charge is 0.392 e. The van der Waals surface area contributed by atoms with E-state index in [1.165, 1.54) is 5.56 Å². The highest BCUT2D eigenvalue weighted by Gasteiger charge is 2.23. The molecule has 2 aromatic rings. The Balaban J connectivity index is 1.60. The number of nitrogens with zero attached hydrogens (tertiary/aromatic N) is 3. The molecule has 1 fully saturated rings. The second-order valence-electron chi connectivity index (χ2n) is 5.98. The molecule has 0 aliphatic carbocycles. The Morgan fingerprint density at radius 2 is 1.58 bits per heavy atom. The fourth-order valence-corrected chi connectivity index (χ4v) is 3.04. The van der Waals surface area contributed by atoms with E-state index in [0.717, 1.165) is 38.3 Å². The Kier molecular flexibility index (Phi) is 5.08. The van der Waals surface area contributed by atoms with Crippen LogP contribution in [0.5, 0.6) is 0 Å². The molecule has 2 aromatic carbocycles. The third-order valence-electron chi connectivity index (χ3n) is 4.40. The van der Waals surface area contributed by atoms with E-state index in [0.29, 0.717) is 5.69 Å². The minimum atomic E-state index is -0.315. The van der Waals surface area contributed by atoms with Crippen molar-refractivity contribution >= 4 is 11.4 Å². The molecular weight excluding hydrogens is 306 g/mol. The monoisotopic (exact) mass is 327 g/mol. The lowest BCUT2D eigenvalue weighted by Gasteiger charge is -2.35. The Morgan fingerprint density at radius 3 is 2.21 bits per heavy atom. The molecule has 0 unspecified atom stereocenters. The van der Waals surface area contributed by atoms with Crippen molar-refractivity contribution in [1.29, 1.82) is 0 Å². The molecule has 1 aliphatic rings. The Morgan fingerprint density at radius 1 is 0.958 bits per heavy atom. The molecule has 6 nitrogen and oxygen atoms in total. The molecule has 0 spiro atoms. The van der Waals surface area contributed by atoms with Gasteiger partial charge in [-0.3, -0.25) is 15.0 Å². The van der Waals surface area contributed by atoms with Gasteiger partial charge in [-0.25, -0.2) is 0 Å². The lowest BCUT2D eigenvalue weighted by Crippen LogP contribution is -2.46. The Labute approximate surface area is 141 Å². The van der Waals surface area contributed by atoms with E-state index in [1.807, 2.05) is 36.4 Å². The summed E-state index contributed by atoms with van der Waals surface area (Å²) in [6.45, 7) is 4.21. The topological polar surface area (TPSA) is 69.9 Å². The first-order chi connectivity index (χ1) is 11.7. The van der Waals surface area contributed by atoms with Crippen molar-refractivity contribution in [3.63, 3.8) is 0 Å². The quantitative estimate of drug-likeness (QED) is 0.674. The standard InChI is InChI=1S/C18H21N3O3/c22-14-16-7-5-15(6-8-16)13-19-9-11-20(12-10-19)17-3-1-2-4-18(17)21(23)24/h1-8,22H,9-14H2. The van der Waals surface area contributed by atoms with E-state index >= 15 is 0 Å². The van der Waals surface area contributed by atoms with Crippen molar-refractivity contribution < 1.29 is 10.0 Å². The minimum Gasteiger partial charge on any atom is -0.392 e. The summed E-state index contributed by atoms with van der Waals surface area (Å²) in [6.07, 6.45) is 0. The van der Waals surface area contributed by atoms with Gasteiger partial charge in [0, 0.05) is 38.8 Å². The van der Waals surface area contributed by atoms with Crippen LogP contribution in [-0.4, -0.2) is 41.1 Å². The zero-order valence-corrected chi connectivity index (χ0v) is 13.5. The number of hydrogen-bond acceptors (Lipinski definition) is 5. The predicted molar refractivity (Wildman–Crippen MR) is 93.0 cm³/mol. The van der Waals surface area contributed by atoms with Gasteiger partial charge >= 0.3 is 0 Å². The molecule has 24 heavy (non-hydrogen) atoms. The van der Waals surface area contributed by atoms with Gasteiger partial charge in [0.15, 0.2) is 0 Å². The highest BCUT2D eigenvalue weighted by molar-refractivity contribution is 5.63. The van der Waals surface area contributed by atoms with E-state index in [-0.39, 0.29) is 17.2 Å². The lowest BCUT2D eigenvalue weighted by atomic mass is 10.1. The number of piperazine rings is 1. The van der Waals surface area contributed by atoms with Crippen molar-refractivity contribution in [3.8, 4) is 0 Å². The van der Waals surface area contributed by atoms with Crippen LogP contribution in [0.1, 0.15) is 11.1 Å². The summed E-state index contributed by atoms with van der Waals surface area (Å²) in [5, 5.41) is 20.3. The van der Waals surface area contributed by atoms with Gasteiger partial charge in [0.1, 0.15) is 5.69 Å². The van der Waals surface area contributed by atoms with Gasteiger partial charge in [-0.1, -0.05) is 36.4 Å². The Hall–Kier alpha value is -2.44. The van der Waals surface area contributed by atoms with Gasteiger partial charge in [0.05, 0.1) is 11.5 Å². The molecule has 126 valence electrons. The zero-order valence-electron chi connectivity index (χ0n) is 13.5. The molecule has 1 aliphatic heterocycles. The van der Waals surface area contributed by atoms with Crippen molar-refractivity contribution in [3.05, 3.63) is 69.8 Å². The van der Waals surface area contributed by atoms with Gasteiger partial charge in [0.25, 0.3) is 5.69 Å². The smallest absolute Gasteiger partial charge is 0.292 e. The highest BCUT2D eigenvalue weighted by Crippen LogP contribution is 2.28. The number of para-hydroxylation sites is 2. The van der Waals surface area contributed by atoms with Crippen LogP contribution in [0.2, 0.25) is 0 Å². The van der Waals surface area contributed by atoms with E-state index < -0.39 is 0 Å². The second kappa shape index (κ2) is 7.42. The fraction of sp³-hybridized carbons (Fsp3) is 0.333. The number of benzene rings is 2. The van der Waals surface area contributed by atoms with Crippen LogP contribution in [0.25, 0.3) is 0 Å². The van der Waals surface area contributed by atoms with Gasteiger partial charge in [-0.15, -0.1) is 0 Å². The summed E-state index contributed by atoms with van der Waals surface area (Å²) in [5.41, 5.74) is 3.01. The number of nitro benzene ring substituents is 1. The maximum Gasteiger partial charge on any atom is 0.292 e. The number of hydrogen-bond donors (Lipinski definition) is 1. The molecule has 0 radical (unpaired) electrons. The van der Waals surface area contributed by atoms with E-state index in [2.05, 4.69) is 9.80 Å². The van der Waals surface area contributed by atoms with Crippen molar-refractivity contribution in [2.75, 3.05) is 31.1 Å². The van der Waals surface area contributed by atoms with Crippen molar-refractivity contribution in [2.45, 2.75) is 13.2 Å². The second-order valence-corrected chi connectivity index (χ2v) is 5.98. The van der Waals surface area contributed by atoms with Crippen LogP contribution in [0, 0.1) is 10.1 Å². The van der Waals surface area contributed by atoms with Gasteiger partial charge in [0.2, 0.25) is 0 Å². The molecule has 0 saturated carbocycles. The molecular formula is C18H21N3O3. The number of aliphatic hydroxyl groups excluding tert-OH is 1. The van der Waals surface area contributed by atoms with Crippen molar-refractivity contribution in [1.82, 2.24) is 4.90 Å². The molecule has 0 atom stereocenters. The first-order valence-corrected chi connectivity index (χ1v) is 8.07. The van der Waals surface area contributed by atoms with Crippen LogP contribution in [0.4, 0.5) is 11.4 Å². The number of rotatable bonds is 5. The van der Waals surface area contributed by atoms with Gasteiger partial charge in [-0.2, -0.15) is 0 Å². The number of nitro groups is 1. The average molecular weight is 327 g/mol. The average Bonchev–Trinajstić information content (AvgIpc) is 2.63. The lowest BCUT2D eigenvalue weighted by molar-refractivity contribution is -0.384. The van der Waals surface area contributed by atoms with Crippen LogP contribution in [0.3, 0.4) is 0 Å². The molecule has 1 heterocycles. The number of anilines is 1. The summed E-state index contributed by atoms with van der Waals surface area (Å²) in [7, 11) is 0. The van der Waals surface area contributed by atoms with E-state index in [1.54, 1.807) is 12.1 Å². The van der Waals surface area contributed by atoms with Gasteiger partial charge < -0.3 is 10.0 Å². The SMILES string of the molecule is O=[N+]([O-])c1ccccc1N1CCN(Cc2ccc(CO)cc2)CC1. The first kappa shape index (κ1) is 16.4. The molecule has 0 bridgehead atoms. The fourth-order valence-electron chi connectivity index (χ4n) is 3.04. The summed E-state index contributed by atoms with van der Waals surface area (Å²) >= 11 is 0. The van der Waals surface area contributed by atoms with Crippen LogP contribution in [0.15, 0.2) is 48.5 Å². The molecule has 1 saturated heterocycles. The predicted octanol–water partition coefficient (Wildman–Crippen LogP) is 2.41.